The van der Waals surface area contributed by atoms with Crippen molar-refractivity contribution in [3.8, 4) is 28.8 Å². The summed E-state index contributed by atoms with van der Waals surface area (Å²) in [5, 5.41) is 25.1. The van der Waals surface area contributed by atoms with Crippen molar-refractivity contribution in [2.45, 2.75) is 37.8 Å². The van der Waals surface area contributed by atoms with Crippen LogP contribution in [0.3, 0.4) is 0 Å². The third kappa shape index (κ3) is 3.32. The van der Waals surface area contributed by atoms with Gasteiger partial charge in [0.1, 0.15) is 17.1 Å². The largest absolute Gasteiger partial charge is 0.353 e. The zero-order valence-electron chi connectivity index (χ0n) is 16.9. The summed E-state index contributed by atoms with van der Waals surface area (Å²) < 4.78 is 1.86. The predicted octanol–water partition coefficient (Wildman–Crippen LogP) is 2.79. The lowest BCUT2D eigenvalue weighted by atomic mass is 9.71. The Morgan fingerprint density at radius 3 is 2.94 bits per heavy atom. The third-order valence-corrected chi connectivity index (χ3v) is 5.75. The van der Waals surface area contributed by atoms with Crippen LogP contribution in [-0.4, -0.2) is 41.9 Å². The molecule has 154 valence electrons. The van der Waals surface area contributed by atoms with Gasteiger partial charge in [0.05, 0.1) is 29.2 Å². The molecule has 5 rings (SSSR count). The van der Waals surface area contributed by atoms with Gasteiger partial charge in [-0.1, -0.05) is 0 Å². The Labute approximate surface area is 178 Å². The van der Waals surface area contributed by atoms with Crippen molar-refractivity contribution in [1.29, 1.82) is 5.26 Å². The molecule has 0 atom stereocenters. The highest BCUT2D eigenvalue weighted by molar-refractivity contribution is 5.93. The molecule has 1 aliphatic rings. The molecule has 4 aromatic heterocycles. The minimum Gasteiger partial charge on any atom is -0.353 e. The number of aromatic nitrogens is 6. The van der Waals surface area contributed by atoms with Gasteiger partial charge in [0.15, 0.2) is 0 Å². The SMILES string of the molecule is CC(=O)N[C@H]1C[C@](CC#N)(n2ccc(-c3nc(-c4cc[nH]n4)cc4ncccc34)n2)C1. The molecule has 1 amide bonds. The monoisotopic (exact) mass is 412 g/mol. The Kier molecular flexibility index (Phi) is 4.47. The van der Waals surface area contributed by atoms with Gasteiger partial charge in [0.25, 0.3) is 0 Å². The van der Waals surface area contributed by atoms with Crippen molar-refractivity contribution in [3.63, 3.8) is 0 Å². The summed E-state index contributed by atoms with van der Waals surface area (Å²) in [6, 6.07) is 11.9. The van der Waals surface area contributed by atoms with Crippen LogP contribution in [0.2, 0.25) is 0 Å². The average molecular weight is 412 g/mol. The number of rotatable bonds is 5. The number of fused-ring (bicyclic) bond motifs is 1. The van der Waals surface area contributed by atoms with Crippen LogP contribution in [0.5, 0.6) is 0 Å². The topological polar surface area (TPSA) is 125 Å². The first-order chi connectivity index (χ1) is 15.1. The molecule has 0 aliphatic heterocycles. The van der Waals surface area contributed by atoms with Gasteiger partial charge in [-0.05, 0) is 43.2 Å². The number of hydrogen-bond donors (Lipinski definition) is 2. The number of aromatic amines is 1. The summed E-state index contributed by atoms with van der Waals surface area (Å²) in [5.41, 5.74) is 3.24. The lowest BCUT2D eigenvalue weighted by Crippen LogP contribution is -2.55. The third-order valence-electron chi connectivity index (χ3n) is 5.75. The molecular formula is C22H20N8O. The molecule has 1 fully saturated rings. The van der Waals surface area contributed by atoms with E-state index >= 15 is 0 Å². The summed E-state index contributed by atoms with van der Waals surface area (Å²) in [4.78, 5) is 20.7. The summed E-state index contributed by atoms with van der Waals surface area (Å²) in [5.74, 6) is -0.0601. The highest BCUT2D eigenvalue weighted by Gasteiger charge is 2.47. The van der Waals surface area contributed by atoms with Gasteiger partial charge in [-0.15, -0.1) is 0 Å². The smallest absolute Gasteiger partial charge is 0.217 e. The van der Waals surface area contributed by atoms with Gasteiger partial charge >= 0.3 is 0 Å². The van der Waals surface area contributed by atoms with E-state index in [1.54, 1.807) is 12.4 Å². The molecule has 31 heavy (non-hydrogen) atoms. The fourth-order valence-electron chi connectivity index (χ4n) is 4.33. The molecule has 9 nitrogen and oxygen atoms in total. The average Bonchev–Trinajstić information content (AvgIpc) is 3.43. The maximum absolute atomic E-state index is 11.4. The van der Waals surface area contributed by atoms with E-state index in [-0.39, 0.29) is 11.9 Å². The second kappa shape index (κ2) is 7.32. The molecule has 0 radical (unpaired) electrons. The number of nitrogens with one attached hydrogen (secondary N) is 2. The van der Waals surface area contributed by atoms with E-state index in [0.29, 0.717) is 36.3 Å². The second-order valence-corrected chi connectivity index (χ2v) is 7.90. The van der Waals surface area contributed by atoms with E-state index in [9.17, 15) is 10.1 Å². The maximum atomic E-state index is 11.4. The highest BCUT2D eigenvalue weighted by atomic mass is 16.1. The standard InChI is InChI=1S/C22H20N8O/c1-14(31)26-15-12-22(13-15,6-7-23)30-10-5-18(29-30)21-16-3-2-8-24-19(16)11-20(27-21)17-4-9-25-28-17/h2-5,8-11,15H,6,12-13H2,1H3,(H,25,28)(H,26,31)/t15-,22-. The Balaban J connectivity index is 1.55. The maximum Gasteiger partial charge on any atom is 0.217 e. The minimum absolute atomic E-state index is 0.0599. The van der Waals surface area contributed by atoms with E-state index in [1.807, 2.05) is 41.2 Å². The van der Waals surface area contributed by atoms with E-state index in [4.69, 9.17) is 10.1 Å². The summed E-state index contributed by atoms with van der Waals surface area (Å²) in [6.45, 7) is 1.51. The normalized spacial score (nSPS) is 20.2. The van der Waals surface area contributed by atoms with Gasteiger partial charge in [0.2, 0.25) is 5.91 Å². The summed E-state index contributed by atoms with van der Waals surface area (Å²) in [6.07, 6.45) is 7.06. The number of pyridine rings is 2. The van der Waals surface area contributed by atoms with E-state index in [0.717, 1.165) is 16.6 Å². The van der Waals surface area contributed by atoms with Crippen molar-refractivity contribution >= 4 is 16.8 Å². The van der Waals surface area contributed by atoms with Crippen LogP contribution in [0.25, 0.3) is 33.7 Å². The van der Waals surface area contributed by atoms with Crippen molar-refractivity contribution in [1.82, 2.24) is 35.3 Å². The number of nitrogens with zero attached hydrogens (tertiary/aromatic N) is 6. The molecule has 9 heteroatoms. The number of carbonyl (C=O) groups excluding carboxylic acids is 1. The van der Waals surface area contributed by atoms with Crippen molar-refractivity contribution in [2.75, 3.05) is 0 Å². The predicted molar refractivity (Wildman–Crippen MR) is 113 cm³/mol. The quantitative estimate of drug-likeness (QED) is 0.519. The first-order valence-electron chi connectivity index (χ1n) is 10.0. The zero-order valence-corrected chi connectivity index (χ0v) is 16.9. The number of carbonyl (C=O) groups is 1. The molecule has 0 spiro atoms. The van der Waals surface area contributed by atoms with Crippen LogP contribution in [0.4, 0.5) is 0 Å². The molecule has 4 aromatic rings. The van der Waals surface area contributed by atoms with Crippen LogP contribution in [0.1, 0.15) is 26.2 Å². The lowest BCUT2D eigenvalue weighted by molar-refractivity contribution is -0.121. The van der Waals surface area contributed by atoms with Crippen LogP contribution >= 0.6 is 0 Å². The van der Waals surface area contributed by atoms with Crippen molar-refractivity contribution < 1.29 is 4.79 Å². The molecular weight excluding hydrogens is 392 g/mol. The molecule has 4 heterocycles. The number of H-pyrrole nitrogens is 1. The minimum atomic E-state index is -0.423. The second-order valence-electron chi connectivity index (χ2n) is 7.90. The van der Waals surface area contributed by atoms with Crippen LogP contribution in [0.15, 0.2) is 48.9 Å². The molecule has 0 bridgehead atoms. The highest BCUT2D eigenvalue weighted by Crippen LogP contribution is 2.42. The first-order valence-corrected chi connectivity index (χ1v) is 10.0. The van der Waals surface area contributed by atoms with Gasteiger partial charge in [-0.3, -0.25) is 19.6 Å². The summed E-state index contributed by atoms with van der Waals surface area (Å²) in [7, 11) is 0. The van der Waals surface area contributed by atoms with Crippen molar-refractivity contribution in [2.24, 2.45) is 0 Å². The van der Waals surface area contributed by atoms with Crippen molar-refractivity contribution in [3.05, 3.63) is 48.9 Å². The number of amides is 1. The number of nitriles is 1. The fraction of sp³-hybridized carbons (Fsp3) is 0.273. The molecule has 1 saturated carbocycles. The first kappa shape index (κ1) is 18.9. The Hall–Kier alpha value is -4.06. The van der Waals surface area contributed by atoms with Crippen LogP contribution < -0.4 is 5.32 Å². The van der Waals surface area contributed by atoms with Gasteiger partial charge in [-0.2, -0.15) is 15.5 Å². The Bertz CT molecular complexity index is 1290. The number of hydrogen-bond acceptors (Lipinski definition) is 6. The molecule has 1 aliphatic carbocycles. The molecule has 2 N–H and O–H groups in total. The van der Waals surface area contributed by atoms with Crippen LogP contribution in [-0.2, 0) is 10.3 Å². The van der Waals surface area contributed by atoms with E-state index in [2.05, 4.69) is 26.6 Å². The van der Waals surface area contributed by atoms with Gasteiger partial charge in [0, 0.05) is 36.9 Å². The summed E-state index contributed by atoms with van der Waals surface area (Å²) >= 11 is 0. The molecule has 0 saturated heterocycles. The lowest BCUT2D eigenvalue weighted by Gasteiger charge is -2.46. The van der Waals surface area contributed by atoms with E-state index < -0.39 is 5.54 Å². The molecule has 0 aromatic carbocycles. The van der Waals surface area contributed by atoms with Crippen LogP contribution in [0, 0.1) is 11.3 Å². The Morgan fingerprint density at radius 2 is 2.19 bits per heavy atom. The van der Waals surface area contributed by atoms with Gasteiger partial charge in [-0.25, -0.2) is 4.98 Å². The molecule has 0 unspecified atom stereocenters. The Morgan fingerprint density at radius 1 is 1.32 bits per heavy atom. The van der Waals surface area contributed by atoms with Gasteiger partial charge < -0.3 is 5.32 Å². The zero-order chi connectivity index (χ0) is 21.4. The van der Waals surface area contributed by atoms with E-state index in [1.165, 1.54) is 6.92 Å². The fourth-order valence-corrected chi connectivity index (χ4v) is 4.33.